The van der Waals surface area contributed by atoms with Crippen molar-refractivity contribution >= 4 is 17.5 Å². The number of benzene rings is 1. The highest BCUT2D eigenvalue weighted by molar-refractivity contribution is 5.92. The molecule has 0 spiro atoms. The molecule has 2 heterocycles. The van der Waals surface area contributed by atoms with Gasteiger partial charge in [0.15, 0.2) is 0 Å². The van der Waals surface area contributed by atoms with Crippen LogP contribution in [0, 0.1) is 20.8 Å². The molecular weight excluding hydrogens is 314 g/mol. The fourth-order valence-corrected chi connectivity index (χ4v) is 2.91. The Labute approximate surface area is 148 Å². The van der Waals surface area contributed by atoms with Crippen LogP contribution in [-0.4, -0.2) is 58.9 Å². The Morgan fingerprint density at radius 1 is 1.08 bits per heavy atom. The number of aryl methyl sites for hydroxylation is 2. The van der Waals surface area contributed by atoms with Gasteiger partial charge in [-0.1, -0.05) is 12.1 Å². The average Bonchev–Trinajstić information content (AvgIpc) is 2.58. The minimum atomic E-state index is -0.0254. The van der Waals surface area contributed by atoms with Crippen LogP contribution < -0.4 is 5.32 Å². The number of aromatic nitrogens is 2. The number of carbonyl (C=O) groups excluding carboxylic acids is 1. The van der Waals surface area contributed by atoms with Crippen LogP contribution in [0.1, 0.15) is 27.3 Å². The monoisotopic (exact) mass is 339 g/mol. The second-order valence-electron chi connectivity index (χ2n) is 6.69. The van der Waals surface area contributed by atoms with Crippen molar-refractivity contribution in [2.45, 2.75) is 20.8 Å². The van der Waals surface area contributed by atoms with Crippen molar-refractivity contribution in [3.05, 3.63) is 46.8 Å². The zero-order valence-electron chi connectivity index (χ0n) is 15.3. The van der Waals surface area contributed by atoms with E-state index in [1.807, 2.05) is 24.0 Å². The minimum Gasteiger partial charge on any atom is -0.335 e. The maximum Gasteiger partial charge on any atom is 0.272 e. The van der Waals surface area contributed by atoms with Crippen LogP contribution in [0.3, 0.4) is 0 Å². The predicted octanol–water partition coefficient (Wildman–Crippen LogP) is 2.53. The molecule has 1 N–H and O–H groups in total. The van der Waals surface area contributed by atoms with Gasteiger partial charge in [-0.05, 0) is 51.1 Å². The van der Waals surface area contributed by atoms with E-state index in [0.717, 1.165) is 43.1 Å². The van der Waals surface area contributed by atoms with E-state index in [2.05, 4.69) is 47.1 Å². The molecule has 0 bridgehead atoms. The molecular formula is C19H25N5O. The first kappa shape index (κ1) is 17.4. The summed E-state index contributed by atoms with van der Waals surface area (Å²) in [5, 5.41) is 3.26. The number of nitrogens with zero attached hydrogens (tertiary/aromatic N) is 4. The normalized spacial score (nSPS) is 15.3. The summed E-state index contributed by atoms with van der Waals surface area (Å²) < 4.78 is 0. The van der Waals surface area contributed by atoms with E-state index in [4.69, 9.17) is 0 Å². The molecule has 1 aliphatic heterocycles. The number of carbonyl (C=O) groups is 1. The van der Waals surface area contributed by atoms with Crippen LogP contribution in [0.25, 0.3) is 0 Å². The summed E-state index contributed by atoms with van der Waals surface area (Å²) in [5.74, 6) is 0.439. The number of piperazine rings is 1. The van der Waals surface area contributed by atoms with Crippen LogP contribution in [0.2, 0.25) is 0 Å². The lowest BCUT2D eigenvalue weighted by molar-refractivity contribution is 0.0658. The topological polar surface area (TPSA) is 61.4 Å². The second-order valence-corrected chi connectivity index (χ2v) is 6.69. The highest BCUT2D eigenvalue weighted by Gasteiger charge is 2.22. The van der Waals surface area contributed by atoms with Crippen molar-refractivity contribution in [2.24, 2.45) is 0 Å². The summed E-state index contributed by atoms with van der Waals surface area (Å²) in [6.07, 6.45) is 0. The fourth-order valence-electron chi connectivity index (χ4n) is 2.91. The largest absolute Gasteiger partial charge is 0.335 e. The van der Waals surface area contributed by atoms with Crippen molar-refractivity contribution in [2.75, 3.05) is 38.5 Å². The SMILES string of the molecule is Cc1cc(C(=O)N2CCN(C)CC2)nc(Nc2cccc(C)c2C)n1. The van der Waals surface area contributed by atoms with Crippen LogP contribution in [-0.2, 0) is 0 Å². The number of likely N-dealkylation sites (N-methyl/N-ethyl adjacent to an activating group) is 1. The number of hydrogen-bond donors (Lipinski definition) is 1. The van der Waals surface area contributed by atoms with Gasteiger partial charge in [-0.15, -0.1) is 0 Å². The molecule has 0 atom stereocenters. The zero-order valence-corrected chi connectivity index (χ0v) is 15.3. The van der Waals surface area contributed by atoms with E-state index in [1.54, 1.807) is 6.07 Å². The summed E-state index contributed by atoms with van der Waals surface area (Å²) in [7, 11) is 2.07. The van der Waals surface area contributed by atoms with Gasteiger partial charge < -0.3 is 15.1 Å². The van der Waals surface area contributed by atoms with Crippen LogP contribution in [0.4, 0.5) is 11.6 Å². The minimum absolute atomic E-state index is 0.0254. The van der Waals surface area contributed by atoms with Crippen molar-refractivity contribution in [1.29, 1.82) is 0 Å². The first-order valence-corrected chi connectivity index (χ1v) is 8.61. The Hall–Kier alpha value is -2.47. The Morgan fingerprint density at radius 2 is 1.80 bits per heavy atom. The molecule has 3 rings (SSSR count). The summed E-state index contributed by atoms with van der Waals surface area (Å²) in [6.45, 7) is 9.27. The lowest BCUT2D eigenvalue weighted by Gasteiger charge is -2.32. The standard InChI is InChI=1S/C19H25N5O/c1-13-6-5-7-16(15(13)3)21-19-20-14(2)12-17(22-19)18(25)24-10-8-23(4)9-11-24/h5-7,12H,8-11H2,1-4H3,(H,20,21,22). The van der Waals surface area contributed by atoms with Gasteiger partial charge in [-0.3, -0.25) is 4.79 Å². The molecule has 1 saturated heterocycles. The van der Waals surface area contributed by atoms with Gasteiger partial charge in [0.1, 0.15) is 5.69 Å². The van der Waals surface area contributed by atoms with Gasteiger partial charge in [0.25, 0.3) is 5.91 Å². The van der Waals surface area contributed by atoms with Crippen molar-refractivity contribution in [1.82, 2.24) is 19.8 Å². The van der Waals surface area contributed by atoms with Crippen LogP contribution in [0.15, 0.2) is 24.3 Å². The molecule has 1 aromatic carbocycles. The molecule has 6 heteroatoms. The maximum absolute atomic E-state index is 12.8. The van der Waals surface area contributed by atoms with Crippen molar-refractivity contribution in [3.8, 4) is 0 Å². The van der Waals surface area contributed by atoms with E-state index >= 15 is 0 Å². The molecule has 0 aliphatic carbocycles. The first-order valence-electron chi connectivity index (χ1n) is 8.61. The van der Waals surface area contributed by atoms with E-state index in [0.29, 0.717) is 11.6 Å². The quantitative estimate of drug-likeness (QED) is 0.931. The lowest BCUT2D eigenvalue weighted by Crippen LogP contribution is -2.47. The summed E-state index contributed by atoms with van der Waals surface area (Å²) in [6, 6.07) is 7.82. The molecule has 1 amide bonds. The third-order valence-electron chi connectivity index (χ3n) is 4.71. The molecule has 1 aromatic heterocycles. The third kappa shape index (κ3) is 3.96. The molecule has 1 aliphatic rings. The van der Waals surface area contributed by atoms with Gasteiger partial charge in [0, 0.05) is 37.6 Å². The van der Waals surface area contributed by atoms with Gasteiger partial charge in [0.05, 0.1) is 0 Å². The van der Waals surface area contributed by atoms with Gasteiger partial charge >= 0.3 is 0 Å². The van der Waals surface area contributed by atoms with E-state index in [1.165, 1.54) is 5.56 Å². The molecule has 2 aromatic rings. The zero-order chi connectivity index (χ0) is 18.0. The van der Waals surface area contributed by atoms with Gasteiger partial charge in [-0.25, -0.2) is 9.97 Å². The van der Waals surface area contributed by atoms with Crippen LogP contribution >= 0.6 is 0 Å². The average molecular weight is 339 g/mol. The number of nitrogens with one attached hydrogen (secondary N) is 1. The van der Waals surface area contributed by atoms with Gasteiger partial charge in [-0.2, -0.15) is 0 Å². The molecule has 1 fully saturated rings. The highest BCUT2D eigenvalue weighted by atomic mass is 16.2. The molecule has 132 valence electrons. The lowest BCUT2D eigenvalue weighted by atomic mass is 10.1. The summed E-state index contributed by atoms with van der Waals surface area (Å²) in [4.78, 5) is 25.8. The molecule has 0 radical (unpaired) electrons. The number of rotatable bonds is 3. The van der Waals surface area contributed by atoms with Crippen LogP contribution in [0.5, 0.6) is 0 Å². The predicted molar refractivity (Wildman–Crippen MR) is 99.4 cm³/mol. The highest BCUT2D eigenvalue weighted by Crippen LogP contribution is 2.21. The Morgan fingerprint density at radius 3 is 2.52 bits per heavy atom. The summed E-state index contributed by atoms with van der Waals surface area (Å²) in [5.41, 5.74) is 4.54. The number of anilines is 2. The number of hydrogen-bond acceptors (Lipinski definition) is 5. The second kappa shape index (κ2) is 7.19. The Balaban J connectivity index is 1.83. The fraction of sp³-hybridized carbons (Fsp3) is 0.421. The Bertz CT molecular complexity index is 781. The molecule has 6 nitrogen and oxygen atoms in total. The van der Waals surface area contributed by atoms with Crippen molar-refractivity contribution < 1.29 is 4.79 Å². The van der Waals surface area contributed by atoms with E-state index in [-0.39, 0.29) is 5.91 Å². The Kier molecular flexibility index (Phi) is 4.99. The third-order valence-corrected chi connectivity index (χ3v) is 4.71. The number of amides is 1. The van der Waals surface area contributed by atoms with Gasteiger partial charge in [0.2, 0.25) is 5.95 Å². The molecule has 25 heavy (non-hydrogen) atoms. The smallest absolute Gasteiger partial charge is 0.272 e. The maximum atomic E-state index is 12.8. The first-order chi connectivity index (χ1) is 11.9. The molecule has 0 unspecified atom stereocenters. The van der Waals surface area contributed by atoms with E-state index < -0.39 is 0 Å². The summed E-state index contributed by atoms with van der Waals surface area (Å²) >= 11 is 0. The van der Waals surface area contributed by atoms with Crippen molar-refractivity contribution in [3.63, 3.8) is 0 Å². The van der Waals surface area contributed by atoms with E-state index in [9.17, 15) is 4.79 Å². The molecule has 0 saturated carbocycles.